The van der Waals surface area contributed by atoms with E-state index >= 15 is 0 Å². The summed E-state index contributed by atoms with van der Waals surface area (Å²) in [6.45, 7) is 1.38. The number of nitro benzene ring substituents is 1. The van der Waals surface area contributed by atoms with E-state index in [-0.39, 0.29) is 18.0 Å². The molecule has 1 amide bonds. The highest BCUT2D eigenvalue weighted by Crippen LogP contribution is 2.30. The van der Waals surface area contributed by atoms with Gasteiger partial charge < -0.3 is 15.8 Å². The van der Waals surface area contributed by atoms with Crippen LogP contribution in [0.1, 0.15) is 6.92 Å². The van der Waals surface area contributed by atoms with Crippen LogP contribution in [0.5, 0.6) is 5.75 Å². The molecule has 8 heteroatoms. The summed E-state index contributed by atoms with van der Waals surface area (Å²) in [6.07, 6.45) is 0. The van der Waals surface area contributed by atoms with Gasteiger partial charge in [-0.2, -0.15) is 0 Å². The van der Waals surface area contributed by atoms with Crippen LogP contribution in [0, 0.1) is 10.1 Å². The van der Waals surface area contributed by atoms with Crippen LogP contribution >= 0.6 is 11.6 Å². The van der Waals surface area contributed by atoms with Crippen molar-refractivity contribution in [2.24, 2.45) is 5.73 Å². The largest absolute Gasteiger partial charge is 0.484 e. The molecule has 19 heavy (non-hydrogen) atoms. The van der Waals surface area contributed by atoms with Gasteiger partial charge in [0.2, 0.25) is 5.91 Å². The summed E-state index contributed by atoms with van der Waals surface area (Å²) in [5.41, 5.74) is 3.87. The normalized spacial score (nSPS) is 13.6. The highest BCUT2D eigenvalue weighted by Gasteiger charge is 2.31. The molecule has 0 saturated heterocycles. The maximum atomic E-state index is 11.3. The van der Waals surface area contributed by atoms with Gasteiger partial charge >= 0.3 is 5.69 Å². The van der Waals surface area contributed by atoms with Gasteiger partial charge in [0.1, 0.15) is 12.1 Å². The Hall–Kier alpha value is -1.86. The van der Waals surface area contributed by atoms with Gasteiger partial charge in [-0.1, -0.05) is 11.6 Å². The zero-order valence-electron chi connectivity index (χ0n) is 10.5. The van der Waals surface area contributed by atoms with Crippen LogP contribution in [0.2, 0.25) is 5.02 Å². The first-order valence-electron chi connectivity index (χ1n) is 5.35. The summed E-state index contributed by atoms with van der Waals surface area (Å²) in [5.74, 6) is -0.639. The van der Waals surface area contributed by atoms with Crippen molar-refractivity contribution in [3.05, 3.63) is 33.3 Å². The zero-order chi connectivity index (χ0) is 14.6. The molecule has 0 aliphatic rings. The van der Waals surface area contributed by atoms with Gasteiger partial charge in [-0.25, -0.2) is 0 Å². The number of ether oxygens (including phenoxy) is 1. The van der Waals surface area contributed by atoms with Crippen molar-refractivity contribution < 1.29 is 14.5 Å². The quantitative estimate of drug-likeness (QED) is 0.601. The average molecular weight is 288 g/mol. The van der Waals surface area contributed by atoms with Gasteiger partial charge in [-0.05, 0) is 20.0 Å². The first kappa shape index (κ1) is 15.2. The summed E-state index contributed by atoms with van der Waals surface area (Å²) in [4.78, 5) is 21.5. The van der Waals surface area contributed by atoms with Gasteiger partial charge in [0.25, 0.3) is 0 Å². The molecule has 0 fully saturated rings. The molecule has 0 aromatic heterocycles. The van der Waals surface area contributed by atoms with Gasteiger partial charge in [0.15, 0.2) is 5.75 Å². The van der Waals surface area contributed by atoms with Crippen molar-refractivity contribution in [3.63, 3.8) is 0 Å². The van der Waals surface area contributed by atoms with Crippen LogP contribution in [-0.4, -0.2) is 30.0 Å². The lowest BCUT2D eigenvalue weighted by Crippen LogP contribution is -2.55. The summed E-state index contributed by atoms with van der Waals surface area (Å²) in [7, 11) is 1.54. The molecular formula is C11H14ClN3O4. The lowest BCUT2D eigenvalue weighted by Gasteiger charge is -2.25. The van der Waals surface area contributed by atoms with Crippen molar-refractivity contribution >= 4 is 23.2 Å². The molecule has 104 valence electrons. The van der Waals surface area contributed by atoms with E-state index in [1.807, 2.05) is 0 Å². The molecule has 1 aromatic carbocycles. The van der Waals surface area contributed by atoms with Crippen LogP contribution < -0.4 is 15.8 Å². The molecule has 1 atom stereocenters. The predicted molar refractivity (Wildman–Crippen MR) is 70.3 cm³/mol. The number of rotatable bonds is 6. The van der Waals surface area contributed by atoms with Crippen LogP contribution in [0.15, 0.2) is 18.2 Å². The number of halogens is 1. The highest BCUT2D eigenvalue weighted by atomic mass is 35.5. The number of carbonyl (C=O) groups excluding carboxylic acids is 1. The number of primary amides is 1. The van der Waals surface area contributed by atoms with Crippen molar-refractivity contribution in [2.45, 2.75) is 12.5 Å². The molecule has 0 saturated carbocycles. The Kier molecular flexibility index (Phi) is 4.68. The van der Waals surface area contributed by atoms with E-state index in [2.05, 4.69) is 5.32 Å². The predicted octanol–water partition coefficient (Wildman–Crippen LogP) is 1.09. The van der Waals surface area contributed by atoms with E-state index in [4.69, 9.17) is 22.1 Å². The molecule has 0 bridgehead atoms. The number of amides is 1. The Balaban J connectivity index is 2.97. The number of hydrogen-bond acceptors (Lipinski definition) is 5. The first-order chi connectivity index (χ1) is 8.80. The fraction of sp³-hybridized carbons (Fsp3) is 0.364. The van der Waals surface area contributed by atoms with Gasteiger partial charge in [-0.15, -0.1) is 0 Å². The van der Waals surface area contributed by atoms with E-state index in [1.54, 1.807) is 7.05 Å². The maximum Gasteiger partial charge on any atom is 0.311 e. The van der Waals surface area contributed by atoms with Crippen LogP contribution in [0.3, 0.4) is 0 Å². The molecule has 0 spiro atoms. The SMILES string of the molecule is CNC(C)(COc1cc(Cl)ccc1[N+](=O)[O-])C(N)=O. The molecule has 0 radical (unpaired) electrons. The molecule has 0 heterocycles. The fourth-order valence-electron chi connectivity index (χ4n) is 1.24. The van der Waals surface area contributed by atoms with Crippen LogP contribution in [0.25, 0.3) is 0 Å². The van der Waals surface area contributed by atoms with Crippen LogP contribution in [0.4, 0.5) is 5.69 Å². The van der Waals surface area contributed by atoms with E-state index in [9.17, 15) is 14.9 Å². The third kappa shape index (κ3) is 3.55. The number of likely N-dealkylation sites (N-methyl/N-ethyl adjacent to an activating group) is 1. The van der Waals surface area contributed by atoms with Gasteiger partial charge in [0, 0.05) is 17.2 Å². The summed E-state index contributed by atoms with van der Waals surface area (Å²) in [6, 6.07) is 3.94. The third-order valence-electron chi connectivity index (χ3n) is 2.73. The molecule has 1 rings (SSSR count). The minimum absolute atomic E-state index is 0.0137. The number of hydrogen-bond donors (Lipinski definition) is 2. The number of nitrogens with zero attached hydrogens (tertiary/aromatic N) is 1. The Morgan fingerprint density at radius 1 is 1.63 bits per heavy atom. The van der Waals surface area contributed by atoms with E-state index in [1.165, 1.54) is 25.1 Å². The lowest BCUT2D eigenvalue weighted by atomic mass is 10.0. The standard InChI is InChI=1S/C11H14ClN3O4/c1-11(14-2,10(13)16)6-19-9-5-7(12)3-4-8(9)15(17)18/h3-5,14H,6H2,1-2H3,(H2,13,16). The van der Waals surface area contributed by atoms with E-state index in [0.29, 0.717) is 5.02 Å². The number of nitrogens with two attached hydrogens (primary N) is 1. The van der Waals surface area contributed by atoms with E-state index < -0.39 is 16.4 Å². The maximum absolute atomic E-state index is 11.3. The second-order valence-corrected chi connectivity index (χ2v) is 4.54. The van der Waals surface area contributed by atoms with Crippen molar-refractivity contribution in [1.82, 2.24) is 5.32 Å². The summed E-state index contributed by atoms with van der Waals surface area (Å²) >= 11 is 5.76. The molecule has 1 unspecified atom stereocenters. The Morgan fingerprint density at radius 3 is 2.74 bits per heavy atom. The smallest absolute Gasteiger partial charge is 0.311 e. The van der Waals surface area contributed by atoms with E-state index in [0.717, 1.165) is 0 Å². The van der Waals surface area contributed by atoms with Crippen LogP contribution in [-0.2, 0) is 4.79 Å². The summed E-state index contributed by atoms with van der Waals surface area (Å²) in [5, 5.41) is 13.8. The average Bonchev–Trinajstić information content (AvgIpc) is 2.35. The number of nitro groups is 1. The van der Waals surface area contributed by atoms with Crippen molar-refractivity contribution in [2.75, 3.05) is 13.7 Å². The van der Waals surface area contributed by atoms with Crippen molar-refractivity contribution in [1.29, 1.82) is 0 Å². The molecule has 0 aliphatic carbocycles. The second-order valence-electron chi connectivity index (χ2n) is 4.10. The topological polar surface area (TPSA) is 107 Å². The Bertz CT molecular complexity index is 509. The Labute approximate surface area is 114 Å². The molecule has 1 aromatic rings. The molecular weight excluding hydrogens is 274 g/mol. The second kappa shape index (κ2) is 5.85. The highest BCUT2D eigenvalue weighted by molar-refractivity contribution is 6.30. The first-order valence-corrected chi connectivity index (χ1v) is 5.73. The monoisotopic (exact) mass is 287 g/mol. The number of nitrogens with one attached hydrogen (secondary N) is 1. The Morgan fingerprint density at radius 2 is 2.26 bits per heavy atom. The molecule has 3 N–H and O–H groups in total. The van der Waals surface area contributed by atoms with Gasteiger partial charge in [0.05, 0.1) is 4.92 Å². The lowest BCUT2D eigenvalue weighted by molar-refractivity contribution is -0.385. The number of carbonyl (C=O) groups is 1. The van der Waals surface area contributed by atoms with Gasteiger partial charge in [-0.3, -0.25) is 14.9 Å². The summed E-state index contributed by atoms with van der Waals surface area (Å²) < 4.78 is 5.31. The minimum Gasteiger partial charge on any atom is -0.484 e. The zero-order valence-corrected chi connectivity index (χ0v) is 11.2. The fourth-order valence-corrected chi connectivity index (χ4v) is 1.41. The molecule has 0 aliphatic heterocycles. The molecule has 7 nitrogen and oxygen atoms in total. The number of benzene rings is 1. The minimum atomic E-state index is -1.13. The van der Waals surface area contributed by atoms with Crippen molar-refractivity contribution in [3.8, 4) is 5.75 Å². The third-order valence-corrected chi connectivity index (χ3v) is 2.97.